The summed E-state index contributed by atoms with van der Waals surface area (Å²) in [6.45, 7) is 7.91. The number of anilines is 2. The highest BCUT2D eigenvalue weighted by Gasteiger charge is 2.15. The van der Waals surface area contributed by atoms with E-state index in [0.29, 0.717) is 23.6 Å². The van der Waals surface area contributed by atoms with Crippen molar-refractivity contribution >= 4 is 18.1 Å². The first-order valence-corrected chi connectivity index (χ1v) is 5.92. The minimum absolute atomic E-state index is 0.162. The van der Waals surface area contributed by atoms with Gasteiger partial charge in [0.25, 0.3) is 0 Å². The summed E-state index contributed by atoms with van der Waals surface area (Å²) < 4.78 is 5.12. The molecule has 0 fully saturated rings. The summed E-state index contributed by atoms with van der Waals surface area (Å²) in [5.74, 6) is 1.19. The van der Waals surface area contributed by atoms with Gasteiger partial charge in [-0.15, -0.1) is 0 Å². The summed E-state index contributed by atoms with van der Waals surface area (Å²) in [6, 6.07) is 0.360. The second-order valence-corrected chi connectivity index (χ2v) is 4.53. The fourth-order valence-electron chi connectivity index (χ4n) is 1.42. The molecule has 1 aromatic heterocycles. The zero-order valence-electron chi connectivity index (χ0n) is 11.4. The van der Waals surface area contributed by atoms with Crippen LogP contribution in [0.4, 0.5) is 11.8 Å². The van der Waals surface area contributed by atoms with Crippen LogP contribution in [-0.2, 0) is 0 Å². The van der Waals surface area contributed by atoms with Crippen LogP contribution < -0.4 is 15.4 Å². The zero-order valence-corrected chi connectivity index (χ0v) is 11.4. The van der Waals surface area contributed by atoms with Crippen LogP contribution in [0.1, 0.15) is 38.1 Å². The van der Waals surface area contributed by atoms with E-state index in [1.807, 2.05) is 27.7 Å². The van der Waals surface area contributed by atoms with Crippen molar-refractivity contribution < 1.29 is 9.53 Å². The zero-order chi connectivity index (χ0) is 13.7. The molecule has 2 N–H and O–H groups in total. The molecule has 0 saturated heterocycles. The highest BCUT2D eigenvalue weighted by atomic mass is 16.5. The highest BCUT2D eigenvalue weighted by Crippen LogP contribution is 2.23. The van der Waals surface area contributed by atoms with Gasteiger partial charge in [-0.05, 0) is 27.7 Å². The van der Waals surface area contributed by atoms with E-state index in [1.165, 1.54) is 7.11 Å². The number of aldehydes is 1. The Labute approximate surface area is 107 Å². The van der Waals surface area contributed by atoms with Gasteiger partial charge in [-0.1, -0.05) is 0 Å². The lowest BCUT2D eigenvalue weighted by Gasteiger charge is -2.16. The molecule has 0 unspecified atom stereocenters. The maximum Gasteiger partial charge on any atom is 0.230 e. The molecule has 0 radical (unpaired) electrons. The van der Waals surface area contributed by atoms with E-state index >= 15 is 0 Å². The molecule has 0 aliphatic heterocycles. The van der Waals surface area contributed by atoms with Gasteiger partial charge in [0, 0.05) is 12.1 Å². The summed E-state index contributed by atoms with van der Waals surface area (Å²) >= 11 is 0. The molecule has 0 spiro atoms. The molecule has 1 rings (SSSR count). The monoisotopic (exact) mass is 252 g/mol. The van der Waals surface area contributed by atoms with Gasteiger partial charge in [0.1, 0.15) is 11.4 Å². The maximum absolute atomic E-state index is 11.1. The number of hydrogen-bond acceptors (Lipinski definition) is 6. The average molecular weight is 252 g/mol. The van der Waals surface area contributed by atoms with Crippen LogP contribution in [0.25, 0.3) is 0 Å². The van der Waals surface area contributed by atoms with Crippen molar-refractivity contribution in [3.8, 4) is 5.88 Å². The van der Waals surface area contributed by atoms with E-state index in [9.17, 15) is 4.79 Å². The summed E-state index contributed by atoms with van der Waals surface area (Å²) in [5, 5.41) is 6.20. The van der Waals surface area contributed by atoms with E-state index in [-0.39, 0.29) is 18.0 Å². The van der Waals surface area contributed by atoms with Gasteiger partial charge in [0.15, 0.2) is 6.29 Å². The highest BCUT2D eigenvalue weighted by molar-refractivity contribution is 5.86. The fourth-order valence-corrected chi connectivity index (χ4v) is 1.42. The lowest BCUT2D eigenvalue weighted by Crippen LogP contribution is -2.18. The predicted molar refractivity (Wildman–Crippen MR) is 71.5 cm³/mol. The lowest BCUT2D eigenvalue weighted by molar-refractivity contribution is 0.112. The molecule has 0 atom stereocenters. The first-order valence-electron chi connectivity index (χ1n) is 5.92. The molecule has 0 amide bonds. The maximum atomic E-state index is 11.1. The van der Waals surface area contributed by atoms with Crippen LogP contribution in [0, 0.1) is 0 Å². The second kappa shape index (κ2) is 6.18. The number of hydrogen-bond donors (Lipinski definition) is 2. The van der Waals surface area contributed by atoms with E-state index < -0.39 is 0 Å². The Morgan fingerprint density at radius 3 is 2.17 bits per heavy atom. The van der Waals surface area contributed by atoms with E-state index in [0.717, 1.165) is 0 Å². The van der Waals surface area contributed by atoms with E-state index in [2.05, 4.69) is 20.6 Å². The average Bonchev–Trinajstić information content (AvgIpc) is 2.26. The van der Waals surface area contributed by atoms with Crippen LogP contribution in [0.3, 0.4) is 0 Å². The lowest BCUT2D eigenvalue weighted by atomic mass is 10.3. The Balaban J connectivity index is 3.21. The number of nitrogens with zero attached hydrogens (tertiary/aromatic N) is 2. The van der Waals surface area contributed by atoms with Crippen molar-refractivity contribution in [2.75, 3.05) is 17.7 Å². The standard InChI is InChI=1S/C12H20N4O2/c1-7(2)13-10-9(6-17)11(18-5)16-12(15-10)14-8(3)4/h6-8H,1-5H3,(H2,13,14,15,16). The largest absolute Gasteiger partial charge is 0.480 e. The van der Waals surface area contributed by atoms with Crippen LogP contribution in [0.15, 0.2) is 0 Å². The molecule has 0 aliphatic carbocycles. The van der Waals surface area contributed by atoms with Crippen molar-refractivity contribution in [1.82, 2.24) is 9.97 Å². The van der Waals surface area contributed by atoms with Crippen molar-refractivity contribution in [3.05, 3.63) is 5.56 Å². The molecule has 0 aliphatic rings. The molecule has 0 saturated carbocycles. The third-order valence-electron chi connectivity index (χ3n) is 2.07. The van der Waals surface area contributed by atoms with Crippen LogP contribution >= 0.6 is 0 Å². The molecule has 6 heteroatoms. The van der Waals surface area contributed by atoms with Gasteiger partial charge in [0.05, 0.1) is 7.11 Å². The van der Waals surface area contributed by atoms with Gasteiger partial charge >= 0.3 is 0 Å². The number of ether oxygens (including phenoxy) is 1. The predicted octanol–water partition coefficient (Wildman–Crippen LogP) is 1.94. The molecule has 6 nitrogen and oxygen atoms in total. The minimum atomic E-state index is 0.162. The Morgan fingerprint density at radius 2 is 1.72 bits per heavy atom. The van der Waals surface area contributed by atoms with Crippen LogP contribution in [-0.4, -0.2) is 35.4 Å². The van der Waals surface area contributed by atoms with Gasteiger partial charge in [0.2, 0.25) is 11.8 Å². The van der Waals surface area contributed by atoms with Crippen molar-refractivity contribution in [2.24, 2.45) is 0 Å². The first-order chi connectivity index (χ1) is 8.47. The Hall–Kier alpha value is -1.85. The molecule has 0 bridgehead atoms. The van der Waals surface area contributed by atoms with Crippen molar-refractivity contribution in [3.63, 3.8) is 0 Å². The Kier molecular flexibility index (Phi) is 4.88. The molecule has 18 heavy (non-hydrogen) atoms. The first kappa shape index (κ1) is 14.2. The van der Waals surface area contributed by atoms with E-state index in [4.69, 9.17) is 4.74 Å². The van der Waals surface area contributed by atoms with Gasteiger partial charge in [-0.25, -0.2) is 0 Å². The molecular weight excluding hydrogens is 232 g/mol. The number of methoxy groups -OCH3 is 1. The van der Waals surface area contributed by atoms with Gasteiger partial charge in [-0.2, -0.15) is 9.97 Å². The quantitative estimate of drug-likeness (QED) is 0.753. The third-order valence-corrected chi connectivity index (χ3v) is 2.07. The molecule has 100 valence electrons. The van der Waals surface area contributed by atoms with Crippen LogP contribution in [0.2, 0.25) is 0 Å². The second-order valence-electron chi connectivity index (χ2n) is 4.53. The minimum Gasteiger partial charge on any atom is -0.480 e. The molecule has 1 heterocycles. The topological polar surface area (TPSA) is 76.1 Å². The Bertz CT molecular complexity index is 419. The third kappa shape index (κ3) is 3.58. The normalized spacial score (nSPS) is 10.6. The number of nitrogens with one attached hydrogen (secondary N) is 2. The summed E-state index contributed by atoms with van der Waals surface area (Å²) in [4.78, 5) is 19.5. The van der Waals surface area contributed by atoms with Crippen LogP contribution in [0.5, 0.6) is 5.88 Å². The summed E-state index contributed by atoms with van der Waals surface area (Å²) in [7, 11) is 1.48. The molecular formula is C12H20N4O2. The van der Waals surface area contributed by atoms with Crippen molar-refractivity contribution in [1.29, 1.82) is 0 Å². The summed E-state index contributed by atoms with van der Waals surface area (Å²) in [5.41, 5.74) is 0.334. The number of carbonyl (C=O) groups excluding carboxylic acids is 1. The molecule has 1 aromatic rings. The SMILES string of the molecule is COc1nc(NC(C)C)nc(NC(C)C)c1C=O. The fraction of sp³-hybridized carbons (Fsp3) is 0.583. The number of aromatic nitrogens is 2. The van der Waals surface area contributed by atoms with Gasteiger partial charge in [-0.3, -0.25) is 4.79 Å². The van der Waals surface area contributed by atoms with Gasteiger partial charge < -0.3 is 15.4 Å². The Morgan fingerprint density at radius 1 is 1.11 bits per heavy atom. The smallest absolute Gasteiger partial charge is 0.230 e. The van der Waals surface area contributed by atoms with Crippen molar-refractivity contribution in [2.45, 2.75) is 39.8 Å². The molecule has 0 aromatic carbocycles. The number of carbonyl (C=O) groups is 1. The van der Waals surface area contributed by atoms with E-state index in [1.54, 1.807) is 0 Å². The summed E-state index contributed by atoms with van der Waals surface area (Å²) in [6.07, 6.45) is 0.697. The number of rotatable bonds is 6.